The molecule has 0 amide bonds. The minimum Gasteiger partial charge on any atom is -0.496 e. The predicted molar refractivity (Wildman–Crippen MR) is 93.1 cm³/mol. The van der Waals surface area contributed by atoms with Crippen molar-refractivity contribution in [3.63, 3.8) is 0 Å². The van der Waals surface area contributed by atoms with Gasteiger partial charge in [-0.3, -0.25) is 4.18 Å². The molecule has 6 nitrogen and oxygen atoms in total. The van der Waals surface area contributed by atoms with Gasteiger partial charge in [0.15, 0.2) is 0 Å². The summed E-state index contributed by atoms with van der Waals surface area (Å²) in [6, 6.07) is 7.69. The van der Waals surface area contributed by atoms with E-state index < -0.39 is 10.1 Å². The normalized spacial score (nSPS) is 27.2. The van der Waals surface area contributed by atoms with Gasteiger partial charge in [0.25, 0.3) is 10.1 Å². The van der Waals surface area contributed by atoms with Gasteiger partial charge in [0.05, 0.1) is 32.2 Å². The molecule has 0 bridgehead atoms. The van der Waals surface area contributed by atoms with Gasteiger partial charge in [0.1, 0.15) is 5.75 Å². The SMILES string of the molecule is COc1ccccc1[C@@H](CCOS(C)(=O)=O)OC1C[C@H]2COC[C@H]2C1. The molecule has 1 aromatic rings. The first-order valence-electron chi connectivity index (χ1n) is 8.67. The first-order chi connectivity index (χ1) is 12.0. The summed E-state index contributed by atoms with van der Waals surface area (Å²) in [5, 5.41) is 0. The van der Waals surface area contributed by atoms with Gasteiger partial charge in [-0.15, -0.1) is 0 Å². The van der Waals surface area contributed by atoms with E-state index in [9.17, 15) is 8.42 Å². The molecule has 0 spiro atoms. The van der Waals surface area contributed by atoms with Gasteiger partial charge in [-0.05, 0) is 30.7 Å². The van der Waals surface area contributed by atoms with Gasteiger partial charge >= 0.3 is 0 Å². The van der Waals surface area contributed by atoms with Crippen molar-refractivity contribution < 1.29 is 26.8 Å². The number of para-hydroxylation sites is 1. The van der Waals surface area contributed by atoms with Crippen molar-refractivity contribution in [2.45, 2.75) is 31.5 Å². The van der Waals surface area contributed by atoms with E-state index in [4.69, 9.17) is 18.4 Å². The third-order valence-corrected chi connectivity index (χ3v) is 5.58. The van der Waals surface area contributed by atoms with Crippen LogP contribution >= 0.6 is 0 Å². The largest absolute Gasteiger partial charge is 0.496 e. The summed E-state index contributed by atoms with van der Waals surface area (Å²) in [6.45, 7) is 1.73. The van der Waals surface area contributed by atoms with E-state index in [-0.39, 0.29) is 18.8 Å². The maximum Gasteiger partial charge on any atom is 0.264 e. The van der Waals surface area contributed by atoms with Gasteiger partial charge in [0.2, 0.25) is 0 Å². The van der Waals surface area contributed by atoms with Crippen LogP contribution in [0, 0.1) is 11.8 Å². The highest BCUT2D eigenvalue weighted by molar-refractivity contribution is 7.85. The smallest absolute Gasteiger partial charge is 0.264 e. The molecule has 1 unspecified atom stereocenters. The molecule has 1 aliphatic heterocycles. The second-order valence-corrected chi connectivity index (χ2v) is 8.48. The number of ether oxygens (including phenoxy) is 3. The molecule has 0 radical (unpaired) electrons. The van der Waals surface area contributed by atoms with Crippen molar-refractivity contribution in [1.29, 1.82) is 0 Å². The molecular formula is C18H26O6S. The fourth-order valence-corrected chi connectivity index (χ4v) is 4.21. The molecule has 140 valence electrons. The van der Waals surface area contributed by atoms with Crippen molar-refractivity contribution in [2.75, 3.05) is 33.2 Å². The van der Waals surface area contributed by atoms with Crippen molar-refractivity contribution in [2.24, 2.45) is 11.8 Å². The van der Waals surface area contributed by atoms with Crippen molar-refractivity contribution in [3.8, 4) is 5.75 Å². The number of fused-ring (bicyclic) bond motifs is 1. The van der Waals surface area contributed by atoms with Crippen LogP contribution in [0.3, 0.4) is 0 Å². The van der Waals surface area contributed by atoms with Crippen LogP contribution in [0.4, 0.5) is 0 Å². The predicted octanol–water partition coefficient (Wildman–Crippen LogP) is 2.54. The molecular weight excluding hydrogens is 344 g/mol. The van der Waals surface area contributed by atoms with Crippen molar-refractivity contribution in [3.05, 3.63) is 29.8 Å². The lowest BCUT2D eigenvalue weighted by Crippen LogP contribution is -2.18. The standard InChI is InChI=1S/C18H26O6S/c1-21-17-6-4-3-5-16(17)18(7-8-23-25(2,19)20)24-15-9-13-11-22-12-14(13)10-15/h3-6,13-15,18H,7-12H2,1-2H3/t13-,14+,15?,18-/m1/s1. The summed E-state index contributed by atoms with van der Waals surface area (Å²) < 4.78 is 44.8. The molecule has 7 heteroatoms. The van der Waals surface area contributed by atoms with E-state index in [2.05, 4.69) is 0 Å². The van der Waals surface area contributed by atoms with Gasteiger partial charge in [-0.25, -0.2) is 0 Å². The topological polar surface area (TPSA) is 71.1 Å². The molecule has 2 aliphatic rings. The number of methoxy groups -OCH3 is 1. The molecule has 4 atom stereocenters. The van der Waals surface area contributed by atoms with E-state index in [1.807, 2.05) is 24.3 Å². The van der Waals surface area contributed by atoms with E-state index in [1.54, 1.807) is 7.11 Å². The Kier molecular flexibility index (Phi) is 5.99. The second kappa shape index (κ2) is 8.03. The monoisotopic (exact) mass is 370 g/mol. The number of benzene rings is 1. The van der Waals surface area contributed by atoms with E-state index in [1.165, 1.54) is 0 Å². The molecule has 1 heterocycles. The lowest BCUT2D eigenvalue weighted by atomic mass is 10.0. The van der Waals surface area contributed by atoms with E-state index in [0.29, 0.717) is 18.3 Å². The zero-order valence-corrected chi connectivity index (χ0v) is 15.5. The third kappa shape index (κ3) is 4.94. The Labute approximate surface area is 149 Å². The third-order valence-electron chi connectivity index (χ3n) is 4.98. The van der Waals surface area contributed by atoms with Crippen LogP contribution in [0.15, 0.2) is 24.3 Å². The van der Waals surface area contributed by atoms with Crippen LogP contribution in [0.1, 0.15) is 30.9 Å². The molecule has 1 aromatic carbocycles. The van der Waals surface area contributed by atoms with Crippen LogP contribution in [-0.4, -0.2) is 47.7 Å². The Morgan fingerprint density at radius 1 is 1.20 bits per heavy atom. The summed E-state index contributed by atoms with van der Waals surface area (Å²) in [4.78, 5) is 0. The van der Waals surface area contributed by atoms with Crippen molar-refractivity contribution in [1.82, 2.24) is 0 Å². The quantitative estimate of drug-likeness (QED) is 0.655. The molecule has 3 rings (SSSR count). The second-order valence-electron chi connectivity index (χ2n) is 6.83. The summed E-state index contributed by atoms with van der Waals surface area (Å²) in [6.07, 6.45) is 3.39. The Morgan fingerprint density at radius 2 is 1.88 bits per heavy atom. The number of hydrogen-bond donors (Lipinski definition) is 0. The fourth-order valence-electron chi connectivity index (χ4n) is 3.81. The maximum absolute atomic E-state index is 11.2. The lowest BCUT2D eigenvalue weighted by Gasteiger charge is -2.24. The molecule has 0 N–H and O–H groups in total. The Balaban J connectivity index is 1.70. The van der Waals surface area contributed by atoms with Crippen LogP contribution in [-0.2, 0) is 23.8 Å². The molecule has 25 heavy (non-hydrogen) atoms. The summed E-state index contributed by atoms with van der Waals surface area (Å²) >= 11 is 0. The zero-order chi connectivity index (χ0) is 17.9. The van der Waals surface area contributed by atoms with Crippen LogP contribution in [0.25, 0.3) is 0 Å². The van der Waals surface area contributed by atoms with Gasteiger partial charge in [0, 0.05) is 25.2 Å². The minimum atomic E-state index is -3.46. The van der Waals surface area contributed by atoms with E-state index in [0.717, 1.165) is 43.6 Å². The highest BCUT2D eigenvalue weighted by Crippen LogP contribution is 2.41. The zero-order valence-electron chi connectivity index (χ0n) is 14.7. The van der Waals surface area contributed by atoms with Crippen LogP contribution in [0.5, 0.6) is 5.75 Å². The Morgan fingerprint density at radius 3 is 2.52 bits per heavy atom. The van der Waals surface area contributed by atoms with Crippen LogP contribution in [0.2, 0.25) is 0 Å². The summed E-state index contributed by atoms with van der Waals surface area (Å²) in [7, 11) is -1.84. The van der Waals surface area contributed by atoms with Gasteiger partial charge < -0.3 is 14.2 Å². The first-order valence-corrected chi connectivity index (χ1v) is 10.5. The fraction of sp³-hybridized carbons (Fsp3) is 0.667. The highest BCUT2D eigenvalue weighted by atomic mass is 32.2. The molecule has 1 aliphatic carbocycles. The molecule has 0 aromatic heterocycles. The van der Waals surface area contributed by atoms with E-state index >= 15 is 0 Å². The molecule has 2 fully saturated rings. The first kappa shape index (κ1) is 18.6. The maximum atomic E-state index is 11.2. The Bertz CT molecular complexity index is 662. The molecule has 1 saturated carbocycles. The van der Waals surface area contributed by atoms with Gasteiger partial charge in [-0.2, -0.15) is 8.42 Å². The summed E-state index contributed by atoms with van der Waals surface area (Å²) in [5.74, 6) is 1.90. The highest BCUT2D eigenvalue weighted by Gasteiger charge is 2.39. The van der Waals surface area contributed by atoms with Crippen molar-refractivity contribution >= 4 is 10.1 Å². The lowest BCUT2D eigenvalue weighted by molar-refractivity contribution is -0.0282. The number of hydrogen-bond acceptors (Lipinski definition) is 6. The Hall–Kier alpha value is -1.15. The average Bonchev–Trinajstić information content (AvgIpc) is 3.14. The minimum absolute atomic E-state index is 0.0875. The average molecular weight is 370 g/mol. The van der Waals surface area contributed by atoms with Crippen LogP contribution < -0.4 is 4.74 Å². The summed E-state index contributed by atoms with van der Waals surface area (Å²) in [5.41, 5.74) is 0.926. The number of rotatable bonds is 8. The molecule has 1 saturated heterocycles. The van der Waals surface area contributed by atoms with Gasteiger partial charge in [-0.1, -0.05) is 18.2 Å².